The summed E-state index contributed by atoms with van der Waals surface area (Å²) >= 11 is 8.01. The lowest BCUT2D eigenvalue weighted by atomic mass is 10.1. The number of hydrogen-bond acceptors (Lipinski definition) is 0. The summed E-state index contributed by atoms with van der Waals surface area (Å²) in [5.41, 5.74) is 0.721. The lowest BCUT2D eigenvalue weighted by Crippen LogP contribution is -1.90. The molecule has 1 aromatic rings. The average Bonchev–Trinajstić information content (AvgIpc) is 2.07. The van der Waals surface area contributed by atoms with Crippen molar-refractivity contribution in [2.24, 2.45) is 0 Å². The maximum atomic E-state index is 13.0. The number of aryl methyl sites for hydroxylation is 1. The van der Waals surface area contributed by atoms with Crippen molar-refractivity contribution < 1.29 is 4.39 Å². The second kappa shape index (κ2) is 5.02. The smallest absolute Gasteiger partial charge is 0.126 e. The van der Waals surface area contributed by atoms with Crippen LogP contribution in [0.4, 0.5) is 4.39 Å². The van der Waals surface area contributed by atoms with E-state index in [2.05, 4.69) is 22.6 Å². The first-order chi connectivity index (χ1) is 5.74. The first kappa shape index (κ1) is 10.3. The number of hydrogen-bond donors (Lipinski definition) is 0. The molecule has 12 heavy (non-hydrogen) atoms. The van der Waals surface area contributed by atoms with E-state index in [1.54, 1.807) is 12.1 Å². The summed E-state index contributed by atoms with van der Waals surface area (Å²) in [7, 11) is 0. The van der Waals surface area contributed by atoms with Gasteiger partial charge in [-0.3, -0.25) is 0 Å². The van der Waals surface area contributed by atoms with E-state index >= 15 is 0 Å². The summed E-state index contributed by atoms with van der Waals surface area (Å²) < 4.78 is 14.1. The molecule has 0 saturated carbocycles. The Kier molecular flexibility index (Phi) is 4.29. The maximum Gasteiger partial charge on any atom is 0.126 e. The molecular formula is C9H9ClFI. The highest BCUT2D eigenvalue weighted by Crippen LogP contribution is 2.16. The molecular weight excluding hydrogens is 289 g/mol. The SMILES string of the molecule is Fc1ccc(Cl)cc1CCCI. The van der Waals surface area contributed by atoms with Gasteiger partial charge in [0.25, 0.3) is 0 Å². The quantitative estimate of drug-likeness (QED) is 0.587. The van der Waals surface area contributed by atoms with Crippen LogP contribution in [0.2, 0.25) is 5.02 Å². The molecule has 0 spiro atoms. The lowest BCUT2D eigenvalue weighted by Gasteiger charge is -2.01. The zero-order valence-electron chi connectivity index (χ0n) is 6.49. The van der Waals surface area contributed by atoms with Crippen LogP contribution < -0.4 is 0 Å². The fourth-order valence-corrected chi connectivity index (χ4v) is 1.57. The zero-order chi connectivity index (χ0) is 8.97. The highest BCUT2D eigenvalue weighted by Gasteiger charge is 2.01. The van der Waals surface area contributed by atoms with Gasteiger partial charge in [-0.05, 0) is 41.0 Å². The molecule has 0 unspecified atom stereocenters. The van der Waals surface area contributed by atoms with Gasteiger partial charge in [0.1, 0.15) is 5.82 Å². The summed E-state index contributed by atoms with van der Waals surface area (Å²) in [5, 5.41) is 0.611. The fourth-order valence-electron chi connectivity index (χ4n) is 0.992. The molecule has 0 N–H and O–H groups in total. The minimum Gasteiger partial charge on any atom is -0.207 e. The second-order valence-electron chi connectivity index (χ2n) is 2.53. The molecule has 0 aliphatic heterocycles. The molecule has 1 aromatic carbocycles. The first-order valence-corrected chi connectivity index (χ1v) is 5.64. The van der Waals surface area contributed by atoms with Gasteiger partial charge in [0, 0.05) is 5.02 Å². The van der Waals surface area contributed by atoms with Gasteiger partial charge < -0.3 is 0 Å². The molecule has 1 rings (SSSR count). The Bertz CT molecular complexity index is 263. The third kappa shape index (κ3) is 2.90. The minimum atomic E-state index is -0.149. The van der Waals surface area contributed by atoms with Gasteiger partial charge in [0.05, 0.1) is 0 Å². The largest absolute Gasteiger partial charge is 0.207 e. The molecule has 66 valence electrons. The Labute approximate surface area is 90.3 Å². The predicted octanol–water partition coefficient (Wildman–Crippen LogP) is 3.85. The summed E-state index contributed by atoms with van der Waals surface area (Å²) in [6.07, 6.45) is 1.77. The predicted molar refractivity (Wildman–Crippen MR) is 58.6 cm³/mol. The van der Waals surface area contributed by atoms with Crippen molar-refractivity contribution in [2.75, 3.05) is 4.43 Å². The first-order valence-electron chi connectivity index (χ1n) is 3.74. The van der Waals surface area contributed by atoms with Crippen LogP contribution in [0.5, 0.6) is 0 Å². The Balaban J connectivity index is 2.75. The molecule has 0 heterocycles. The number of benzene rings is 1. The standard InChI is InChI=1S/C9H9ClFI/c10-8-3-4-9(11)7(6-8)2-1-5-12/h3-4,6H,1-2,5H2. The van der Waals surface area contributed by atoms with Crippen molar-refractivity contribution >= 4 is 34.2 Å². The van der Waals surface area contributed by atoms with E-state index in [4.69, 9.17) is 11.6 Å². The summed E-state index contributed by atoms with van der Waals surface area (Å²) in [6.45, 7) is 0. The highest BCUT2D eigenvalue weighted by molar-refractivity contribution is 14.1. The van der Waals surface area contributed by atoms with Crippen molar-refractivity contribution in [3.63, 3.8) is 0 Å². The van der Waals surface area contributed by atoms with E-state index in [9.17, 15) is 4.39 Å². The fraction of sp³-hybridized carbons (Fsp3) is 0.333. The van der Waals surface area contributed by atoms with Crippen LogP contribution in [0.1, 0.15) is 12.0 Å². The molecule has 0 amide bonds. The lowest BCUT2D eigenvalue weighted by molar-refractivity contribution is 0.608. The Hall–Kier alpha value is 0.170. The van der Waals surface area contributed by atoms with Crippen molar-refractivity contribution in [1.29, 1.82) is 0 Å². The van der Waals surface area contributed by atoms with Gasteiger partial charge in [0.2, 0.25) is 0 Å². The van der Waals surface area contributed by atoms with E-state index in [0.29, 0.717) is 5.02 Å². The average molecular weight is 299 g/mol. The molecule has 0 aliphatic carbocycles. The summed E-state index contributed by atoms with van der Waals surface area (Å²) in [4.78, 5) is 0. The zero-order valence-corrected chi connectivity index (χ0v) is 9.40. The number of rotatable bonds is 3. The Morgan fingerprint density at radius 2 is 2.17 bits per heavy atom. The number of alkyl halides is 1. The number of halogens is 3. The van der Waals surface area contributed by atoms with E-state index in [1.165, 1.54) is 6.07 Å². The Morgan fingerprint density at radius 1 is 1.42 bits per heavy atom. The molecule has 0 fully saturated rings. The van der Waals surface area contributed by atoms with Gasteiger partial charge in [-0.15, -0.1) is 0 Å². The van der Waals surface area contributed by atoms with Crippen LogP contribution in [0, 0.1) is 5.82 Å². The van der Waals surface area contributed by atoms with Gasteiger partial charge in [-0.25, -0.2) is 4.39 Å². The van der Waals surface area contributed by atoms with E-state index in [1.807, 2.05) is 0 Å². The van der Waals surface area contributed by atoms with Crippen molar-refractivity contribution in [3.8, 4) is 0 Å². The van der Waals surface area contributed by atoms with E-state index < -0.39 is 0 Å². The van der Waals surface area contributed by atoms with Crippen LogP contribution in [0.3, 0.4) is 0 Å². The molecule has 0 saturated heterocycles. The molecule has 3 heteroatoms. The summed E-state index contributed by atoms with van der Waals surface area (Å²) in [5.74, 6) is -0.149. The van der Waals surface area contributed by atoms with Crippen molar-refractivity contribution in [3.05, 3.63) is 34.6 Å². The summed E-state index contributed by atoms with van der Waals surface area (Å²) in [6, 6.07) is 4.69. The maximum absolute atomic E-state index is 13.0. The van der Waals surface area contributed by atoms with Gasteiger partial charge >= 0.3 is 0 Å². The van der Waals surface area contributed by atoms with Gasteiger partial charge in [-0.2, -0.15) is 0 Å². The molecule has 0 atom stereocenters. The van der Waals surface area contributed by atoms with Gasteiger partial charge in [0.15, 0.2) is 0 Å². The van der Waals surface area contributed by atoms with Crippen LogP contribution >= 0.6 is 34.2 Å². The molecule has 0 bridgehead atoms. The third-order valence-corrected chi connectivity index (χ3v) is 2.59. The monoisotopic (exact) mass is 298 g/mol. The van der Waals surface area contributed by atoms with Gasteiger partial charge in [-0.1, -0.05) is 34.2 Å². The molecule has 0 aromatic heterocycles. The Morgan fingerprint density at radius 3 is 2.83 bits per heavy atom. The van der Waals surface area contributed by atoms with Crippen LogP contribution in [-0.4, -0.2) is 4.43 Å². The third-order valence-electron chi connectivity index (χ3n) is 1.59. The second-order valence-corrected chi connectivity index (χ2v) is 4.04. The highest BCUT2D eigenvalue weighted by atomic mass is 127. The van der Waals surface area contributed by atoms with E-state index in [-0.39, 0.29) is 5.82 Å². The topological polar surface area (TPSA) is 0 Å². The van der Waals surface area contributed by atoms with E-state index in [0.717, 1.165) is 22.8 Å². The van der Waals surface area contributed by atoms with Crippen LogP contribution in [0.25, 0.3) is 0 Å². The molecule has 0 nitrogen and oxygen atoms in total. The molecule has 0 aliphatic rings. The minimum absolute atomic E-state index is 0.149. The van der Waals surface area contributed by atoms with Crippen LogP contribution in [-0.2, 0) is 6.42 Å². The molecule has 0 radical (unpaired) electrons. The van der Waals surface area contributed by atoms with Crippen molar-refractivity contribution in [2.45, 2.75) is 12.8 Å². The van der Waals surface area contributed by atoms with Crippen LogP contribution in [0.15, 0.2) is 18.2 Å². The normalized spacial score (nSPS) is 10.2. The van der Waals surface area contributed by atoms with Crippen molar-refractivity contribution in [1.82, 2.24) is 0 Å².